The van der Waals surface area contributed by atoms with Gasteiger partial charge in [-0.3, -0.25) is 9.59 Å². The number of ether oxygens (including phenoxy) is 1. The fourth-order valence-electron chi connectivity index (χ4n) is 3.16. The van der Waals surface area contributed by atoms with Crippen molar-refractivity contribution in [3.05, 3.63) is 58.1 Å². The Morgan fingerprint density at radius 2 is 1.89 bits per heavy atom. The smallest absolute Gasteiger partial charge is 0.263 e. The topological polar surface area (TPSA) is 58.6 Å². The molecule has 1 aliphatic rings. The molecule has 0 bridgehead atoms. The van der Waals surface area contributed by atoms with Crippen molar-refractivity contribution >= 4 is 40.7 Å². The van der Waals surface area contributed by atoms with Crippen LogP contribution in [0.5, 0.6) is 5.75 Å². The summed E-state index contributed by atoms with van der Waals surface area (Å²) < 4.78 is 5.89. The highest BCUT2D eigenvalue weighted by atomic mass is 35.5. The van der Waals surface area contributed by atoms with E-state index in [0.717, 1.165) is 12.8 Å². The summed E-state index contributed by atoms with van der Waals surface area (Å²) in [7, 11) is 0. The van der Waals surface area contributed by atoms with Crippen LogP contribution in [0.2, 0.25) is 10.0 Å². The van der Waals surface area contributed by atoms with Crippen LogP contribution in [0, 0.1) is 0 Å². The second-order valence-electron chi connectivity index (χ2n) is 6.64. The Hall–Kier alpha value is -2.24. The van der Waals surface area contributed by atoms with Gasteiger partial charge in [0.25, 0.3) is 11.8 Å². The van der Waals surface area contributed by atoms with Gasteiger partial charge in [-0.15, -0.1) is 0 Å². The average Bonchev–Trinajstić information content (AvgIpc) is 2.72. The number of amides is 2. The third kappa shape index (κ3) is 4.26. The molecular weight excluding hydrogens is 399 g/mol. The van der Waals surface area contributed by atoms with Crippen molar-refractivity contribution < 1.29 is 14.3 Å². The molecule has 1 atom stereocenters. The number of hydrogen-bond donors (Lipinski definition) is 1. The molecule has 2 amide bonds. The quantitative estimate of drug-likeness (QED) is 0.761. The van der Waals surface area contributed by atoms with Crippen LogP contribution in [0.3, 0.4) is 0 Å². The summed E-state index contributed by atoms with van der Waals surface area (Å²) >= 11 is 12.3. The first-order chi connectivity index (χ1) is 13.4. The lowest BCUT2D eigenvalue weighted by atomic mass is 10.1. The SMILES string of the molecule is CCC(CC)NC(=O)C1CN(C(=O)c2cc(Cl)ccc2Cl)c2ccccc2O1. The highest BCUT2D eigenvalue weighted by Crippen LogP contribution is 2.35. The van der Waals surface area contributed by atoms with E-state index in [0.29, 0.717) is 21.5 Å². The maximum Gasteiger partial charge on any atom is 0.263 e. The Balaban J connectivity index is 1.92. The fourth-order valence-corrected chi connectivity index (χ4v) is 3.53. The molecular formula is C21H22Cl2N2O3. The molecule has 1 heterocycles. The van der Waals surface area contributed by atoms with E-state index >= 15 is 0 Å². The second-order valence-corrected chi connectivity index (χ2v) is 7.48. The molecule has 2 aromatic rings. The van der Waals surface area contributed by atoms with Crippen LogP contribution in [-0.2, 0) is 4.79 Å². The van der Waals surface area contributed by atoms with E-state index < -0.39 is 6.10 Å². The number of benzene rings is 2. The molecule has 0 saturated heterocycles. The highest BCUT2D eigenvalue weighted by molar-refractivity contribution is 6.36. The summed E-state index contributed by atoms with van der Waals surface area (Å²) in [6.45, 7) is 4.12. The van der Waals surface area contributed by atoms with Crippen LogP contribution in [0.25, 0.3) is 0 Å². The monoisotopic (exact) mass is 420 g/mol. The number of fused-ring (bicyclic) bond motifs is 1. The molecule has 148 valence electrons. The number of carbonyl (C=O) groups excluding carboxylic acids is 2. The van der Waals surface area contributed by atoms with Crippen LogP contribution in [-0.4, -0.2) is 30.5 Å². The van der Waals surface area contributed by atoms with Crippen molar-refractivity contribution in [1.82, 2.24) is 5.32 Å². The van der Waals surface area contributed by atoms with Crippen LogP contribution >= 0.6 is 23.2 Å². The normalized spacial score (nSPS) is 15.8. The van der Waals surface area contributed by atoms with Gasteiger partial charge in [0.1, 0.15) is 5.75 Å². The van der Waals surface area contributed by atoms with Gasteiger partial charge >= 0.3 is 0 Å². The lowest BCUT2D eigenvalue weighted by Crippen LogP contribution is -2.52. The van der Waals surface area contributed by atoms with E-state index in [1.54, 1.807) is 30.3 Å². The van der Waals surface area contributed by atoms with Gasteiger partial charge in [-0.25, -0.2) is 0 Å². The van der Waals surface area contributed by atoms with Gasteiger partial charge < -0.3 is 15.0 Å². The fraction of sp³-hybridized carbons (Fsp3) is 0.333. The summed E-state index contributed by atoms with van der Waals surface area (Å²) in [5, 5.41) is 3.70. The Morgan fingerprint density at radius 3 is 2.61 bits per heavy atom. The molecule has 0 spiro atoms. The van der Waals surface area contributed by atoms with Crippen LogP contribution < -0.4 is 15.0 Å². The summed E-state index contributed by atoms with van der Waals surface area (Å²) in [5.74, 6) is -0.0910. The summed E-state index contributed by atoms with van der Waals surface area (Å²) in [4.78, 5) is 27.5. The molecule has 7 heteroatoms. The molecule has 0 aliphatic carbocycles. The average molecular weight is 421 g/mol. The number of hydrogen-bond acceptors (Lipinski definition) is 3. The van der Waals surface area contributed by atoms with Crippen LogP contribution in [0.1, 0.15) is 37.0 Å². The molecule has 1 unspecified atom stereocenters. The van der Waals surface area contributed by atoms with E-state index in [9.17, 15) is 9.59 Å². The van der Waals surface area contributed by atoms with Crippen LogP contribution in [0.4, 0.5) is 5.69 Å². The summed E-state index contributed by atoms with van der Waals surface area (Å²) in [6.07, 6.45) is 0.843. The number of carbonyl (C=O) groups is 2. The Bertz CT molecular complexity index is 884. The first kappa shape index (κ1) is 20.5. The van der Waals surface area contributed by atoms with Gasteiger partial charge in [0.2, 0.25) is 0 Å². The molecule has 1 N–H and O–H groups in total. The first-order valence-corrected chi connectivity index (χ1v) is 10.0. The van der Waals surface area contributed by atoms with Crippen molar-refractivity contribution in [2.75, 3.05) is 11.4 Å². The Kier molecular flexibility index (Phi) is 6.47. The van der Waals surface area contributed by atoms with Crippen molar-refractivity contribution in [3.8, 4) is 5.75 Å². The van der Waals surface area contributed by atoms with E-state index in [2.05, 4.69) is 5.32 Å². The maximum atomic E-state index is 13.2. The van der Waals surface area contributed by atoms with Gasteiger partial charge in [0, 0.05) is 11.1 Å². The minimum atomic E-state index is -0.808. The molecule has 5 nitrogen and oxygen atoms in total. The molecule has 0 radical (unpaired) electrons. The number of nitrogens with one attached hydrogen (secondary N) is 1. The van der Waals surface area contributed by atoms with E-state index in [-0.39, 0.29) is 30.0 Å². The number of anilines is 1. The molecule has 0 saturated carbocycles. The largest absolute Gasteiger partial charge is 0.477 e. The molecule has 0 fully saturated rings. The molecule has 2 aromatic carbocycles. The zero-order valence-corrected chi connectivity index (χ0v) is 17.3. The van der Waals surface area contributed by atoms with Gasteiger partial charge in [0.05, 0.1) is 22.8 Å². The zero-order valence-electron chi connectivity index (χ0n) is 15.7. The first-order valence-electron chi connectivity index (χ1n) is 9.27. The minimum absolute atomic E-state index is 0.0693. The number of para-hydroxylation sites is 2. The predicted octanol–water partition coefficient (Wildman–Crippen LogP) is 4.71. The highest BCUT2D eigenvalue weighted by Gasteiger charge is 2.35. The number of rotatable bonds is 5. The lowest BCUT2D eigenvalue weighted by Gasteiger charge is -2.35. The molecule has 0 aromatic heterocycles. The maximum absolute atomic E-state index is 13.2. The summed E-state index contributed by atoms with van der Waals surface area (Å²) in [6, 6.07) is 11.9. The Labute approximate surface area is 174 Å². The van der Waals surface area contributed by atoms with E-state index in [1.807, 2.05) is 19.9 Å². The molecule has 1 aliphatic heterocycles. The third-order valence-corrected chi connectivity index (χ3v) is 5.37. The molecule has 28 heavy (non-hydrogen) atoms. The van der Waals surface area contributed by atoms with Crippen molar-refractivity contribution in [1.29, 1.82) is 0 Å². The number of nitrogens with zero attached hydrogens (tertiary/aromatic N) is 1. The van der Waals surface area contributed by atoms with Gasteiger partial charge in [-0.2, -0.15) is 0 Å². The zero-order chi connectivity index (χ0) is 20.3. The second kappa shape index (κ2) is 8.84. The third-order valence-electron chi connectivity index (χ3n) is 4.80. The van der Waals surface area contributed by atoms with E-state index in [1.165, 1.54) is 11.0 Å². The standard InChI is InChI=1S/C21H22Cl2N2O3/c1-3-14(4-2)24-20(26)19-12-25(17-7-5-6-8-18(17)28-19)21(27)15-11-13(22)9-10-16(15)23/h5-11,14,19H,3-4,12H2,1-2H3,(H,24,26). The number of halogens is 2. The lowest BCUT2D eigenvalue weighted by molar-refractivity contribution is -0.128. The van der Waals surface area contributed by atoms with Gasteiger partial charge in [-0.1, -0.05) is 49.2 Å². The predicted molar refractivity (Wildman–Crippen MR) is 112 cm³/mol. The van der Waals surface area contributed by atoms with Gasteiger partial charge in [0.15, 0.2) is 6.10 Å². The minimum Gasteiger partial charge on any atom is -0.477 e. The molecule has 3 rings (SSSR count). The Morgan fingerprint density at radius 1 is 1.18 bits per heavy atom. The summed E-state index contributed by atoms with van der Waals surface area (Å²) in [5.41, 5.74) is 0.875. The van der Waals surface area contributed by atoms with Crippen molar-refractivity contribution in [3.63, 3.8) is 0 Å². The van der Waals surface area contributed by atoms with Crippen molar-refractivity contribution in [2.45, 2.75) is 38.8 Å². The van der Waals surface area contributed by atoms with Crippen molar-refractivity contribution in [2.24, 2.45) is 0 Å². The van der Waals surface area contributed by atoms with Gasteiger partial charge in [-0.05, 0) is 43.2 Å². The van der Waals surface area contributed by atoms with E-state index in [4.69, 9.17) is 27.9 Å². The van der Waals surface area contributed by atoms with Crippen LogP contribution in [0.15, 0.2) is 42.5 Å².